The van der Waals surface area contributed by atoms with Crippen LogP contribution >= 0.6 is 0 Å². The number of hydrogen-bond donors (Lipinski definition) is 2. The Balaban J connectivity index is 2.75. The minimum absolute atomic E-state index is 0.0585. The lowest BCUT2D eigenvalue weighted by atomic mass is 10.1. The van der Waals surface area contributed by atoms with Gasteiger partial charge in [0.2, 0.25) is 5.91 Å². The van der Waals surface area contributed by atoms with Crippen molar-refractivity contribution in [3.05, 3.63) is 0 Å². The molecule has 0 saturated carbocycles. The lowest BCUT2D eigenvalue weighted by Crippen LogP contribution is -2.52. The number of urea groups is 1. The third kappa shape index (κ3) is 2.07. The van der Waals surface area contributed by atoms with Gasteiger partial charge >= 0.3 is 12.0 Å². The number of amides is 3. The second-order valence-electron chi connectivity index (χ2n) is 3.21. The molecule has 1 aliphatic heterocycles. The predicted molar refractivity (Wildman–Crippen MR) is 49.7 cm³/mol. The number of esters is 1. The van der Waals surface area contributed by atoms with Crippen LogP contribution in [-0.4, -0.2) is 48.5 Å². The molecule has 1 heterocycles. The van der Waals surface area contributed by atoms with E-state index in [1.165, 1.54) is 14.0 Å². The van der Waals surface area contributed by atoms with Gasteiger partial charge in [0.1, 0.15) is 6.04 Å². The van der Waals surface area contributed by atoms with Crippen molar-refractivity contribution in [3.63, 3.8) is 0 Å². The standard InChI is InChI=1S/C8H13N3O4/c1-4(6(9)7(13)15-2)11-5(12)3-10-8(11)14/h4,6H,3,9H2,1-2H3,(H,10,14)/t4-,6-/m0/s1. The molecule has 1 aliphatic rings. The van der Waals surface area contributed by atoms with Crippen molar-refractivity contribution in [1.82, 2.24) is 10.2 Å². The largest absolute Gasteiger partial charge is 0.468 e. The van der Waals surface area contributed by atoms with Crippen LogP contribution in [0.5, 0.6) is 0 Å². The zero-order valence-corrected chi connectivity index (χ0v) is 8.52. The Morgan fingerprint density at radius 1 is 1.60 bits per heavy atom. The fraction of sp³-hybridized carbons (Fsp3) is 0.625. The third-order valence-electron chi connectivity index (χ3n) is 2.28. The Bertz CT molecular complexity index is 288. The van der Waals surface area contributed by atoms with Crippen molar-refractivity contribution in [2.45, 2.75) is 19.0 Å². The number of imide groups is 1. The molecule has 3 N–H and O–H groups in total. The summed E-state index contributed by atoms with van der Waals surface area (Å²) in [6.07, 6.45) is 0. The summed E-state index contributed by atoms with van der Waals surface area (Å²) >= 11 is 0. The summed E-state index contributed by atoms with van der Waals surface area (Å²) in [5.41, 5.74) is 5.53. The molecule has 7 nitrogen and oxygen atoms in total. The van der Waals surface area contributed by atoms with Crippen molar-refractivity contribution >= 4 is 17.9 Å². The minimum atomic E-state index is -1.03. The van der Waals surface area contributed by atoms with Gasteiger partial charge in [0, 0.05) is 0 Å². The van der Waals surface area contributed by atoms with Gasteiger partial charge in [-0.1, -0.05) is 0 Å². The SMILES string of the molecule is COC(=O)[C@@H](N)[C@H](C)N1C(=O)CNC1=O. The van der Waals surface area contributed by atoms with Crippen LogP contribution < -0.4 is 11.1 Å². The van der Waals surface area contributed by atoms with E-state index in [0.29, 0.717) is 0 Å². The molecule has 3 amide bonds. The molecule has 0 aromatic heterocycles. The highest BCUT2D eigenvalue weighted by Crippen LogP contribution is 2.09. The van der Waals surface area contributed by atoms with Crippen LogP contribution in [0.3, 0.4) is 0 Å². The zero-order valence-electron chi connectivity index (χ0n) is 8.52. The van der Waals surface area contributed by atoms with Crippen molar-refractivity contribution in [2.75, 3.05) is 13.7 Å². The van der Waals surface area contributed by atoms with Gasteiger partial charge in [-0.3, -0.25) is 14.5 Å². The molecule has 0 aromatic carbocycles. The van der Waals surface area contributed by atoms with E-state index in [9.17, 15) is 14.4 Å². The topological polar surface area (TPSA) is 102 Å². The Hall–Kier alpha value is -1.63. The van der Waals surface area contributed by atoms with E-state index in [2.05, 4.69) is 10.1 Å². The lowest BCUT2D eigenvalue weighted by Gasteiger charge is -2.24. The van der Waals surface area contributed by atoms with E-state index in [4.69, 9.17) is 5.73 Å². The molecule has 1 fully saturated rings. The van der Waals surface area contributed by atoms with Gasteiger partial charge < -0.3 is 15.8 Å². The normalized spacial score (nSPS) is 19.8. The monoisotopic (exact) mass is 215 g/mol. The first-order valence-electron chi connectivity index (χ1n) is 4.42. The maximum Gasteiger partial charge on any atom is 0.324 e. The summed E-state index contributed by atoms with van der Waals surface area (Å²) in [5, 5.41) is 2.34. The van der Waals surface area contributed by atoms with Gasteiger partial charge in [-0.25, -0.2) is 4.79 Å². The molecule has 2 atom stereocenters. The van der Waals surface area contributed by atoms with Crippen LogP contribution in [0.2, 0.25) is 0 Å². The first-order valence-corrected chi connectivity index (χ1v) is 4.42. The molecule has 0 unspecified atom stereocenters. The Morgan fingerprint density at radius 3 is 2.60 bits per heavy atom. The van der Waals surface area contributed by atoms with Gasteiger partial charge in [-0.2, -0.15) is 0 Å². The summed E-state index contributed by atoms with van der Waals surface area (Å²) in [6, 6.07) is -2.28. The average molecular weight is 215 g/mol. The van der Waals surface area contributed by atoms with Gasteiger partial charge in [-0.05, 0) is 6.92 Å². The van der Waals surface area contributed by atoms with Gasteiger partial charge in [0.05, 0.1) is 19.7 Å². The van der Waals surface area contributed by atoms with Crippen LogP contribution in [0.25, 0.3) is 0 Å². The number of nitrogens with zero attached hydrogens (tertiary/aromatic N) is 1. The summed E-state index contributed by atoms with van der Waals surface area (Å²) in [6.45, 7) is 1.46. The Labute approximate surface area is 86.5 Å². The number of ether oxygens (including phenoxy) is 1. The second kappa shape index (κ2) is 4.26. The highest BCUT2D eigenvalue weighted by Gasteiger charge is 2.37. The van der Waals surface area contributed by atoms with Crippen LogP contribution in [-0.2, 0) is 14.3 Å². The van der Waals surface area contributed by atoms with Gasteiger partial charge in [0.15, 0.2) is 0 Å². The molecule has 1 saturated heterocycles. The second-order valence-corrected chi connectivity index (χ2v) is 3.21. The fourth-order valence-corrected chi connectivity index (χ4v) is 1.34. The minimum Gasteiger partial charge on any atom is -0.468 e. The summed E-state index contributed by atoms with van der Waals surface area (Å²) < 4.78 is 4.43. The number of carbonyl (C=O) groups excluding carboxylic acids is 3. The fourth-order valence-electron chi connectivity index (χ4n) is 1.34. The smallest absolute Gasteiger partial charge is 0.324 e. The number of rotatable bonds is 3. The molecule has 0 radical (unpaired) electrons. The maximum absolute atomic E-state index is 11.3. The third-order valence-corrected chi connectivity index (χ3v) is 2.28. The quantitative estimate of drug-likeness (QED) is 0.437. The highest BCUT2D eigenvalue weighted by molar-refractivity contribution is 6.02. The molecule has 1 rings (SSSR count). The van der Waals surface area contributed by atoms with Crippen LogP contribution in [0.1, 0.15) is 6.92 Å². The Morgan fingerprint density at radius 2 is 2.20 bits per heavy atom. The Kier molecular flexibility index (Phi) is 3.25. The average Bonchev–Trinajstić information content (AvgIpc) is 2.55. The number of nitrogens with two attached hydrogens (primary N) is 1. The molecule has 15 heavy (non-hydrogen) atoms. The maximum atomic E-state index is 11.3. The summed E-state index contributed by atoms with van der Waals surface area (Å²) in [7, 11) is 1.20. The van der Waals surface area contributed by atoms with Crippen molar-refractivity contribution < 1.29 is 19.1 Å². The molecular formula is C8H13N3O4. The van der Waals surface area contributed by atoms with E-state index >= 15 is 0 Å². The van der Waals surface area contributed by atoms with Crippen molar-refractivity contribution in [2.24, 2.45) is 5.73 Å². The molecule has 0 bridgehead atoms. The number of nitrogens with one attached hydrogen (secondary N) is 1. The summed E-state index contributed by atoms with van der Waals surface area (Å²) in [4.78, 5) is 34.5. The molecule has 0 spiro atoms. The number of carbonyl (C=O) groups is 3. The first-order chi connectivity index (χ1) is 6.99. The molecular weight excluding hydrogens is 202 g/mol. The number of hydrogen-bond acceptors (Lipinski definition) is 5. The molecule has 84 valence electrons. The van der Waals surface area contributed by atoms with E-state index in [0.717, 1.165) is 4.90 Å². The van der Waals surface area contributed by atoms with Crippen LogP contribution in [0.15, 0.2) is 0 Å². The highest BCUT2D eigenvalue weighted by atomic mass is 16.5. The van der Waals surface area contributed by atoms with Crippen LogP contribution in [0, 0.1) is 0 Å². The van der Waals surface area contributed by atoms with Gasteiger partial charge in [-0.15, -0.1) is 0 Å². The van der Waals surface area contributed by atoms with Gasteiger partial charge in [0.25, 0.3) is 0 Å². The lowest BCUT2D eigenvalue weighted by molar-refractivity contribution is -0.144. The van der Waals surface area contributed by atoms with Crippen molar-refractivity contribution in [1.29, 1.82) is 0 Å². The first kappa shape index (κ1) is 11.4. The van der Waals surface area contributed by atoms with E-state index < -0.39 is 30.0 Å². The molecule has 7 heteroatoms. The summed E-state index contributed by atoms with van der Waals surface area (Å²) in [5.74, 6) is -1.05. The van der Waals surface area contributed by atoms with E-state index in [1.54, 1.807) is 0 Å². The van der Waals surface area contributed by atoms with Crippen molar-refractivity contribution in [3.8, 4) is 0 Å². The van der Waals surface area contributed by atoms with Crippen LogP contribution in [0.4, 0.5) is 4.79 Å². The number of methoxy groups -OCH3 is 1. The molecule has 0 aromatic rings. The molecule has 0 aliphatic carbocycles. The zero-order chi connectivity index (χ0) is 11.6. The predicted octanol–water partition coefficient (Wildman–Crippen LogP) is -1.57. The van der Waals surface area contributed by atoms with E-state index in [1.807, 2.05) is 0 Å². The van der Waals surface area contributed by atoms with E-state index in [-0.39, 0.29) is 6.54 Å².